The standard InChI is InChI=1S/C20H14ClF2N5O3S/c1-10-2-4-11(5-3-10)32(30,31)28-9-8-12-18(26-20(21)27-19(12)28)25-14-7-6-13(22)16(23)15(14)17(24)29/h2-9H,1H3,(H2,24,29)(H,25,26,27). The minimum absolute atomic E-state index is 0.0291. The normalized spacial score (nSPS) is 11.6. The highest BCUT2D eigenvalue weighted by atomic mass is 35.5. The summed E-state index contributed by atoms with van der Waals surface area (Å²) in [5.74, 6) is -3.93. The Kier molecular flexibility index (Phi) is 5.31. The number of anilines is 2. The van der Waals surface area contributed by atoms with Crippen molar-refractivity contribution < 1.29 is 22.0 Å². The largest absolute Gasteiger partial charge is 0.365 e. The molecule has 3 N–H and O–H groups in total. The first-order valence-electron chi connectivity index (χ1n) is 9.01. The third-order valence-electron chi connectivity index (χ3n) is 4.66. The number of halogens is 3. The van der Waals surface area contributed by atoms with Crippen LogP contribution in [0.5, 0.6) is 0 Å². The minimum atomic E-state index is -4.02. The van der Waals surface area contributed by atoms with E-state index in [0.717, 1.165) is 21.7 Å². The summed E-state index contributed by atoms with van der Waals surface area (Å²) >= 11 is 6.00. The third kappa shape index (κ3) is 3.65. The monoisotopic (exact) mass is 477 g/mol. The van der Waals surface area contributed by atoms with E-state index in [1.54, 1.807) is 12.1 Å². The number of carbonyl (C=O) groups is 1. The number of nitrogens with one attached hydrogen (secondary N) is 1. The molecule has 0 atom stereocenters. The molecule has 8 nitrogen and oxygen atoms in total. The van der Waals surface area contributed by atoms with E-state index in [9.17, 15) is 22.0 Å². The molecule has 164 valence electrons. The number of hydrogen-bond donors (Lipinski definition) is 2. The van der Waals surface area contributed by atoms with Gasteiger partial charge in [0.15, 0.2) is 17.3 Å². The summed E-state index contributed by atoms with van der Waals surface area (Å²) in [5.41, 5.74) is 5.11. The summed E-state index contributed by atoms with van der Waals surface area (Å²) in [5, 5.41) is 2.55. The summed E-state index contributed by atoms with van der Waals surface area (Å²) in [6, 6.07) is 9.53. The zero-order valence-corrected chi connectivity index (χ0v) is 17.9. The molecule has 1 amide bonds. The van der Waals surface area contributed by atoms with Crippen LogP contribution in [0.15, 0.2) is 53.6 Å². The van der Waals surface area contributed by atoms with Crippen molar-refractivity contribution in [2.45, 2.75) is 11.8 Å². The summed E-state index contributed by atoms with van der Waals surface area (Å²) < 4.78 is 54.8. The lowest BCUT2D eigenvalue weighted by molar-refractivity contribution is 0.0996. The first-order valence-corrected chi connectivity index (χ1v) is 10.8. The molecule has 2 aromatic carbocycles. The lowest BCUT2D eigenvalue weighted by Gasteiger charge is -2.12. The van der Waals surface area contributed by atoms with E-state index in [1.807, 2.05) is 6.92 Å². The SMILES string of the molecule is Cc1ccc(S(=O)(=O)n2ccc3c(Nc4ccc(F)c(F)c4C(N)=O)nc(Cl)nc32)cc1. The van der Waals surface area contributed by atoms with E-state index in [2.05, 4.69) is 15.3 Å². The van der Waals surface area contributed by atoms with E-state index in [1.165, 1.54) is 24.4 Å². The quantitative estimate of drug-likeness (QED) is 0.422. The van der Waals surface area contributed by atoms with Crippen LogP contribution in [0, 0.1) is 18.6 Å². The molecule has 32 heavy (non-hydrogen) atoms. The Hall–Kier alpha value is -3.57. The minimum Gasteiger partial charge on any atom is -0.365 e. The zero-order chi connectivity index (χ0) is 23.2. The van der Waals surface area contributed by atoms with E-state index in [4.69, 9.17) is 17.3 Å². The molecule has 0 aliphatic rings. The van der Waals surface area contributed by atoms with Crippen molar-refractivity contribution >= 4 is 50.1 Å². The Balaban J connectivity index is 1.87. The highest BCUT2D eigenvalue weighted by Crippen LogP contribution is 2.31. The highest BCUT2D eigenvalue weighted by Gasteiger charge is 2.23. The van der Waals surface area contributed by atoms with Crippen LogP contribution >= 0.6 is 11.6 Å². The molecule has 2 heterocycles. The molecule has 0 spiro atoms. The van der Waals surface area contributed by atoms with Gasteiger partial charge in [0.05, 0.1) is 16.0 Å². The van der Waals surface area contributed by atoms with Crippen LogP contribution in [0.3, 0.4) is 0 Å². The van der Waals surface area contributed by atoms with Crippen molar-refractivity contribution in [2.75, 3.05) is 5.32 Å². The summed E-state index contributed by atoms with van der Waals surface area (Å²) in [7, 11) is -4.02. The molecule has 0 saturated heterocycles. The van der Waals surface area contributed by atoms with Gasteiger partial charge in [-0.25, -0.2) is 21.2 Å². The second-order valence-electron chi connectivity index (χ2n) is 6.78. The second kappa shape index (κ2) is 7.84. The molecule has 4 rings (SSSR count). The molecule has 0 bridgehead atoms. The number of nitrogens with zero attached hydrogens (tertiary/aromatic N) is 3. The van der Waals surface area contributed by atoms with Crippen molar-refractivity contribution in [2.24, 2.45) is 5.73 Å². The molecule has 0 fully saturated rings. The Morgan fingerprint density at radius 3 is 2.44 bits per heavy atom. The van der Waals surface area contributed by atoms with Gasteiger partial charge in [0, 0.05) is 6.20 Å². The zero-order valence-electron chi connectivity index (χ0n) is 16.3. The topological polar surface area (TPSA) is 120 Å². The maximum Gasteiger partial charge on any atom is 0.269 e. The van der Waals surface area contributed by atoms with Crippen LogP contribution < -0.4 is 11.1 Å². The van der Waals surface area contributed by atoms with E-state index in [-0.39, 0.29) is 32.7 Å². The van der Waals surface area contributed by atoms with Gasteiger partial charge >= 0.3 is 0 Å². The maximum atomic E-state index is 14.1. The second-order valence-corrected chi connectivity index (χ2v) is 8.93. The smallest absolute Gasteiger partial charge is 0.269 e. The predicted molar refractivity (Wildman–Crippen MR) is 114 cm³/mol. The van der Waals surface area contributed by atoms with Gasteiger partial charge in [0.1, 0.15) is 11.4 Å². The number of benzene rings is 2. The van der Waals surface area contributed by atoms with Crippen molar-refractivity contribution in [1.29, 1.82) is 0 Å². The van der Waals surface area contributed by atoms with Crippen LogP contribution in [-0.4, -0.2) is 28.3 Å². The maximum absolute atomic E-state index is 14.1. The Morgan fingerprint density at radius 1 is 1.09 bits per heavy atom. The predicted octanol–water partition coefficient (Wildman–Crippen LogP) is 3.75. The van der Waals surface area contributed by atoms with Gasteiger partial charge in [0.25, 0.3) is 15.9 Å². The van der Waals surface area contributed by atoms with Crippen LogP contribution in [0.4, 0.5) is 20.3 Å². The van der Waals surface area contributed by atoms with Crippen LogP contribution in [0.25, 0.3) is 11.0 Å². The van der Waals surface area contributed by atoms with E-state index in [0.29, 0.717) is 0 Å². The fourth-order valence-electron chi connectivity index (χ4n) is 3.10. The molecule has 4 aromatic rings. The van der Waals surface area contributed by atoms with Crippen molar-refractivity contribution in [3.8, 4) is 0 Å². The molecular weight excluding hydrogens is 464 g/mol. The molecule has 0 unspecified atom stereocenters. The van der Waals surface area contributed by atoms with E-state index < -0.39 is 33.1 Å². The average Bonchev–Trinajstić information content (AvgIpc) is 3.15. The number of amides is 1. The number of carbonyl (C=O) groups excluding carboxylic acids is 1. The fourth-order valence-corrected chi connectivity index (χ4v) is 4.56. The number of hydrogen-bond acceptors (Lipinski definition) is 6. The molecule has 0 radical (unpaired) electrons. The van der Waals surface area contributed by atoms with Crippen molar-refractivity contribution in [3.63, 3.8) is 0 Å². The van der Waals surface area contributed by atoms with Gasteiger partial charge in [-0.2, -0.15) is 9.97 Å². The Bertz CT molecular complexity index is 1490. The number of aryl methyl sites for hydroxylation is 1. The summed E-state index contributed by atoms with van der Waals surface area (Å²) in [4.78, 5) is 19.7. The van der Waals surface area contributed by atoms with Crippen LogP contribution in [0.1, 0.15) is 15.9 Å². The molecule has 0 saturated carbocycles. The van der Waals surface area contributed by atoms with Gasteiger partial charge in [-0.05, 0) is 48.9 Å². The van der Waals surface area contributed by atoms with Gasteiger partial charge in [0.2, 0.25) is 5.28 Å². The third-order valence-corrected chi connectivity index (χ3v) is 6.51. The number of primary amides is 1. The van der Waals surface area contributed by atoms with Crippen molar-refractivity contribution in [1.82, 2.24) is 13.9 Å². The van der Waals surface area contributed by atoms with Gasteiger partial charge in [-0.15, -0.1) is 0 Å². The molecule has 2 aromatic heterocycles. The molecular formula is C20H14ClF2N5O3S. The summed E-state index contributed by atoms with van der Waals surface area (Å²) in [6.07, 6.45) is 1.26. The Morgan fingerprint density at radius 2 is 1.78 bits per heavy atom. The first kappa shape index (κ1) is 21.7. The molecule has 12 heteroatoms. The molecule has 0 aliphatic carbocycles. The Labute approximate surface area is 185 Å². The van der Waals surface area contributed by atoms with Gasteiger partial charge < -0.3 is 11.1 Å². The van der Waals surface area contributed by atoms with Crippen LogP contribution in [0.2, 0.25) is 5.28 Å². The first-order chi connectivity index (χ1) is 15.1. The molecule has 0 aliphatic heterocycles. The van der Waals surface area contributed by atoms with Gasteiger partial charge in [-0.3, -0.25) is 4.79 Å². The van der Waals surface area contributed by atoms with Crippen molar-refractivity contribution in [3.05, 3.63) is 76.7 Å². The number of nitrogens with two attached hydrogens (primary N) is 1. The van der Waals surface area contributed by atoms with Gasteiger partial charge in [-0.1, -0.05) is 17.7 Å². The number of rotatable bonds is 5. The lowest BCUT2D eigenvalue weighted by atomic mass is 10.1. The van der Waals surface area contributed by atoms with Crippen LogP contribution in [-0.2, 0) is 10.0 Å². The fraction of sp³-hybridized carbons (Fsp3) is 0.0500. The van der Waals surface area contributed by atoms with E-state index >= 15 is 0 Å². The lowest BCUT2D eigenvalue weighted by Crippen LogP contribution is -2.17. The average molecular weight is 478 g/mol. The summed E-state index contributed by atoms with van der Waals surface area (Å²) in [6.45, 7) is 1.82. The number of aromatic nitrogens is 3. The highest BCUT2D eigenvalue weighted by molar-refractivity contribution is 7.90. The number of fused-ring (bicyclic) bond motifs is 1.